The van der Waals surface area contributed by atoms with Crippen molar-refractivity contribution < 1.29 is 9.52 Å². The first kappa shape index (κ1) is 26.1. The van der Waals surface area contributed by atoms with E-state index in [0.717, 1.165) is 71.3 Å². The van der Waals surface area contributed by atoms with E-state index in [2.05, 4.69) is 57.7 Å². The van der Waals surface area contributed by atoms with Gasteiger partial charge in [-0.15, -0.1) is 0 Å². The summed E-state index contributed by atoms with van der Waals surface area (Å²) in [6.45, 7) is 2.76. The Balaban J connectivity index is 1.23. The Morgan fingerprint density at radius 2 is 1.80 bits per heavy atom. The van der Waals surface area contributed by atoms with Gasteiger partial charge in [-0.25, -0.2) is 0 Å². The molecule has 0 radical (unpaired) electrons. The summed E-state index contributed by atoms with van der Waals surface area (Å²) in [5, 5.41) is 24.5. The van der Waals surface area contributed by atoms with E-state index in [1.54, 1.807) is 18.7 Å². The first-order valence-corrected chi connectivity index (χ1v) is 13.8. The first-order chi connectivity index (χ1) is 19.6. The van der Waals surface area contributed by atoms with Crippen LogP contribution in [0.3, 0.4) is 0 Å². The number of furan rings is 1. The zero-order valence-corrected chi connectivity index (χ0v) is 22.7. The fourth-order valence-electron chi connectivity index (χ4n) is 5.26. The summed E-state index contributed by atoms with van der Waals surface area (Å²) in [4.78, 5) is 6.98. The van der Waals surface area contributed by atoms with Gasteiger partial charge >= 0.3 is 0 Å². The third-order valence-corrected chi connectivity index (χ3v) is 7.89. The smallest absolute Gasteiger partial charge is 0.103 e. The molecule has 5 aromatic rings. The molecule has 2 aromatic heterocycles. The molecule has 1 saturated heterocycles. The van der Waals surface area contributed by atoms with Crippen molar-refractivity contribution in [3.05, 3.63) is 113 Å². The van der Waals surface area contributed by atoms with Crippen molar-refractivity contribution in [1.29, 1.82) is 5.26 Å². The van der Waals surface area contributed by atoms with Gasteiger partial charge in [-0.3, -0.25) is 9.88 Å². The molecule has 0 bridgehead atoms. The number of nitriles is 1. The highest BCUT2D eigenvalue weighted by atomic mass is 35.5. The molecule has 0 amide bonds. The third kappa shape index (κ3) is 5.73. The number of aromatic nitrogens is 1. The summed E-state index contributed by atoms with van der Waals surface area (Å²) < 4.78 is 5.17. The molecule has 200 valence electrons. The zero-order valence-electron chi connectivity index (χ0n) is 22.0. The van der Waals surface area contributed by atoms with Crippen molar-refractivity contribution in [2.75, 3.05) is 18.4 Å². The van der Waals surface area contributed by atoms with Gasteiger partial charge in [0.05, 0.1) is 35.4 Å². The van der Waals surface area contributed by atoms with Crippen LogP contribution in [0.4, 0.5) is 11.4 Å². The van der Waals surface area contributed by atoms with Crippen LogP contribution in [0.25, 0.3) is 22.0 Å². The number of piperidine rings is 1. The van der Waals surface area contributed by atoms with E-state index in [-0.39, 0.29) is 6.10 Å². The zero-order chi connectivity index (χ0) is 27.5. The van der Waals surface area contributed by atoms with E-state index < -0.39 is 0 Å². The Hall–Kier alpha value is -4.15. The number of aliphatic hydroxyl groups excluding tert-OH is 1. The molecular formula is C33H29ClN4O2. The second-order valence-electron chi connectivity index (χ2n) is 10.3. The number of likely N-dealkylation sites (tertiary alicyclic amines) is 1. The first-order valence-electron chi connectivity index (χ1n) is 13.4. The maximum absolute atomic E-state index is 9.81. The van der Waals surface area contributed by atoms with Gasteiger partial charge in [0, 0.05) is 48.3 Å². The van der Waals surface area contributed by atoms with Gasteiger partial charge in [-0.1, -0.05) is 54.1 Å². The molecule has 2 N–H and O–H groups in total. The van der Waals surface area contributed by atoms with E-state index in [0.29, 0.717) is 22.7 Å². The lowest BCUT2D eigenvalue weighted by atomic mass is 10.00. The molecule has 0 spiro atoms. The van der Waals surface area contributed by atoms with Crippen LogP contribution in [0.1, 0.15) is 35.1 Å². The lowest BCUT2D eigenvalue weighted by Gasteiger charge is -2.29. The average molecular weight is 549 g/mol. The van der Waals surface area contributed by atoms with Crippen molar-refractivity contribution in [1.82, 2.24) is 9.88 Å². The molecule has 1 aliphatic rings. The minimum atomic E-state index is -0.156. The van der Waals surface area contributed by atoms with Crippen LogP contribution in [0.2, 0.25) is 5.02 Å². The van der Waals surface area contributed by atoms with Gasteiger partial charge in [-0.2, -0.15) is 5.26 Å². The minimum Gasteiger partial charge on any atom is -0.472 e. The van der Waals surface area contributed by atoms with E-state index in [4.69, 9.17) is 16.0 Å². The predicted octanol–water partition coefficient (Wildman–Crippen LogP) is 7.31. The number of fused-ring (bicyclic) bond motifs is 1. The highest BCUT2D eigenvalue weighted by molar-refractivity contribution is 6.31. The van der Waals surface area contributed by atoms with E-state index in [1.165, 1.54) is 5.56 Å². The van der Waals surface area contributed by atoms with Crippen molar-refractivity contribution in [3.63, 3.8) is 0 Å². The summed E-state index contributed by atoms with van der Waals surface area (Å²) in [5.74, 6) is 0. The Morgan fingerprint density at radius 3 is 2.52 bits per heavy atom. The van der Waals surface area contributed by atoms with Gasteiger partial charge in [0.1, 0.15) is 6.07 Å². The van der Waals surface area contributed by atoms with E-state index >= 15 is 0 Å². The summed E-state index contributed by atoms with van der Waals surface area (Å²) in [6.07, 6.45) is 7.20. The number of anilines is 2. The van der Waals surface area contributed by atoms with Crippen LogP contribution in [-0.2, 0) is 13.0 Å². The molecular weight excluding hydrogens is 520 g/mol. The molecule has 7 heteroatoms. The molecule has 3 heterocycles. The summed E-state index contributed by atoms with van der Waals surface area (Å²) in [7, 11) is 0. The second kappa shape index (κ2) is 11.5. The van der Waals surface area contributed by atoms with Gasteiger partial charge in [0.15, 0.2) is 0 Å². The highest BCUT2D eigenvalue weighted by Crippen LogP contribution is 2.33. The van der Waals surface area contributed by atoms with Crippen molar-refractivity contribution in [2.45, 2.75) is 31.9 Å². The molecule has 0 atom stereocenters. The highest BCUT2D eigenvalue weighted by Gasteiger charge is 2.17. The third-order valence-electron chi connectivity index (χ3n) is 7.54. The maximum atomic E-state index is 9.81. The second-order valence-corrected chi connectivity index (χ2v) is 10.7. The van der Waals surface area contributed by atoms with Crippen LogP contribution >= 0.6 is 11.6 Å². The maximum Gasteiger partial charge on any atom is 0.103 e. The predicted molar refractivity (Wildman–Crippen MR) is 159 cm³/mol. The normalized spacial score (nSPS) is 14.3. The number of aliphatic hydroxyl groups is 1. The van der Waals surface area contributed by atoms with Crippen LogP contribution in [0.15, 0.2) is 89.9 Å². The van der Waals surface area contributed by atoms with Crippen molar-refractivity contribution in [2.24, 2.45) is 0 Å². The largest absolute Gasteiger partial charge is 0.472 e. The van der Waals surface area contributed by atoms with Crippen LogP contribution in [0, 0.1) is 11.3 Å². The lowest BCUT2D eigenvalue weighted by Crippen LogP contribution is -2.35. The lowest BCUT2D eigenvalue weighted by molar-refractivity contribution is 0.0792. The number of nitrogens with zero attached hydrogens (tertiary/aromatic N) is 3. The number of hydrogen-bond acceptors (Lipinski definition) is 6. The monoisotopic (exact) mass is 548 g/mol. The molecule has 0 aliphatic carbocycles. The number of benzene rings is 3. The van der Waals surface area contributed by atoms with Gasteiger partial charge in [-0.05, 0) is 64.9 Å². The van der Waals surface area contributed by atoms with Crippen molar-refractivity contribution >= 4 is 33.9 Å². The molecule has 0 unspecified atom stereocenters. The molecule has 40 heavy (non-hydrogen) atoms. The number of nitrogens with one attached hydrogen (secondary N) is 1. The SMILES string of the molecule is N#Cc1cnc2cc(-c3ccc(CN4CCC(O)CC4)cc3)ccc2c1Nc1ccc(Cc2ccoc2)c(Cl)c1. The summed E-state index contributed by atoms with van der Waals surface area (Å²) in [6, 6.07) is 24.8. The molecule has 6 rings (SSSR count). The average Bonchev–Trinajstić information content (AvgIpc) is 3.49. The van der Waals surface area contributed by atoms with Gasteiger partial charge < -0.3 is 14.8 Å². The number of halogens is 1. The quantitative estimate of drug-likeness (QED) is 0.222. The Kier molecular flexibility index (Phi) is 7.52. The van der Waals surface area contributed by atoms with Crippen molar-refractivity contribution in [3.8, 4) is 17.2 Å². The molecule has 0 saturated carbocycles. The summed E-state index contributed by atoms with van der Waals surface area (Å²) in [5.41, 5.74) is 8.27. The van der Waals surface area contributed by atoms with E-state index in [1.807, 2.05) is 30.3 Å². The van der Waals surface area contributed by atoms with Crippen LogP contribution in [0.5, 0.6) is 0 Å². The fourth-order valence-corrected chi connectivity index (χ4v) is 5.50. The van der Waals surface area contributed by atoms with E-state index in [9.17, 15) is 10.4 Å². The topological polar surface area (TPSA) is 85.3 Å². The van der Waals surface area contributed by atoms with Gasteiger partial charge in [0.2, 0.25) is 0 Å². The Labute approximate surface area is 238 Å². The minimum absolute atomic E-state index is 0.156. The molecule has 3 aromatic carbocycles. The van der Waals surface area contributed by atoms with Crippen LogP contribution < -0.4 is 5.32 Å². The number of pyridine rings is 1. The standard InChI is InChI=1S/C33H29ClN4O2/c34-31-17-28(7-5-26(31)15-23-11-14-40-21-23)37-33-27(18-35)19-36-32-16-25(6-8-30(32)33)24-3-1-22(2-4-24)20-38-12-9-29(39)10-13-38/h1-8,11,14,16-17,19,21,29,39H,9-10,12-13,15,20H2,(H,36,37). The van der Waals surface area contributed by atoms with Crippen LogP contribution in [-0.4, -0.2) is 34.2 Å². The summed E-state index contributed by atoms with van der Waals surface area (Å²) >= 11 is 6.60. The molecule has 6 nitrogen and oxygen atoms in total. The van der Waals surface area contributed by atoms with Gasteiger partial charge in [0.25, 0.3) is 0 Å². The Morgan fingerprint density at radius 1 is 1.00 bits per heavy atom. The Bertz CT molecular complexity index is 1670. The fraction of sp³-hybridized carbons (Fsp3) is 0.212. The number of rotatable bonds is 7. The number of hydrogen-bond donors (Lipinski definition) is 2. The molecule has 1 aliphatic heterocycles. The molecule has 1 fully saturated rings.